The molecule has 0 radical (unpaired) electrons. The number of hydrogen-bond acceptors (Lipinski definition) is 4. The Morgan fingerprint density at radius 1 is 1.27 bits per heavy atom. The molecule has 136 valence electrons. The number of carbonyl (C=O) groups excluding carboxylic acids is 1. The van der Waals surface area contributed by atoms with Gasteiger partial charge in [0.05, 0.1) is 11.4 Å². The van der Waals surface area contributed by atoms with Crippen LogP contribution in [0, 0.1) is 13.8 Å². The third-order valence-electron chi connectivity index (χ3n) is 4.38. The number of H-pyrrole nitrogens is 1. The number of rotatable bonds is 5. The first-order valence-electron chi connectivity index (χ1n) is 8.54. The summed E-state index contributed by atoms with van der Waals surface area (Å²) in [6, 6.07) is 9.45. The van der Waals surface area contributed by atoms with Crippen LogP contribution in [0.2, 0.25) is 0 Å². The first kappa shape index (κ1) is 18.1. The van der Waals surface area contributed by atoms with Gasteiger partial charge >= 0.3 is 6.03 Å². The Morgan fingerprint density at radius 3 is 2.73 bits per heavy atom. The molecule has 0 saturated heterocycles. The molecule has 1 unspecified atom stereocenters. The molecule has 2 heterocycles. The zero-order chi connectivity index (χ0) is 18.7. The Kier molecular flexibility index (Phi) is 5.37. The minimum atomic E-state index is -0.243. The Hall–Kier alpha value is -2.67. The number of aryl methyl sites for hydroxylation is 2. The number of hydrogen-bond donors (Lipinski definition) is 3. The lowest BCUT2D eigenvalue weighted by atomic mass is 10.1. The summed E-state index contributed by atoms with van der Waals surface area (Å²) in [5.74, 6) is 0.583. The molecular formula is C19H22N4O2S. The van der Waals surface area contributed by atoms with Crippen LogP contribution in [0.15, 0.2) is 35.1 Å². The fourth-order valence-electron chi connectivity index (χ4n) is 2.78. The van der Waals surface area contributed by atoms with E-state index in [-0.39, 0.29) is 17.6 Å². The van der Waals surface area contributed by atoms with Crippen LogP contribution >= 0.6 is 11.3 Å². The molecule has 0 aliphatic heterocycles. The number of aromatic nitrogens is 2. The maximum Gasteiger partial charge on any atom is 0.315 e. The van der Waals surface area contributed by atoms with Crippen molar-refractivity contribution in [1.82, 2.24) is 20.6 Å². The van der Waals surface area contributed by atoms with E-state index in [1.54, 1.807) is 0 Å². The molecule has 26 heavy (non-hydrogen) atoms. The Labute approximate surface area is 155 Å². The van der Waals surface area contributed by atoms with Gasteiger partial charge in [-0.2, -0.15) is 0 Å². The Bertz CT molecular complexity index is 978. The molecular weight excluding hydrogens is 348 g/mol. The first-order valence-corrected chi connectivity index (χ1v) is 9.35. The van der Waals surface area contributed by atoms with Crippen molar-refractivity contribution in [3.8, 4) is 0 Å². The highest BCUT2D eigenvalue weighted by Crippen LogP contribution is 2.25. The molecule has 7 heteroatoms. The van der Waals surface area contributed by atoms with Crippen molar-refractivity contribution in [3.05, 3.63) is 62.5 Å². The lowest BCUT2D eigenvalue weighted by Crippen LogP contribution is -2.38. The van der Waals surface area contributed by atoms with E-state index in [9.17, 15) is 9.59 Å². The summed E-state index contributed by atoms with van der Waals surface area (Å²) in [5, 5.41) is 6.37. The van der Waals surface area contributed by atoms with Crippen molar-refractivity contribution in [1.29, 1.82) is 0 Å². The smallest absolute Gasteiger partial charge is 0.315 e. The number of benzene rings is 1. The molecule has 2 aromatic heterocycles. The standard InChI is InChI=1S/C19H22N4O2S/c1-11-13(3)26-18-16(11)17(24)22-15(23-18)9-10-20-19(25)21-12(2)14-7-5-4-6-8-14/h4-8,12H,9-10H2,1-3H3,(H2,20,21,25)(H,22,23,24). The quantitative estimate of drug-likeness (QED) is 0.644. The van der Waals surface area contributed by atoms with Gasteiger partial charge in [-0.25, -0.2) is 9.78 Å². The van der Waals surface area contributed by atoms with Crippen molar-refractivity contribution in [3.63, 3.8) is 0 Å². The van der Waals surface area contributed by atoms with Gasteiger partial charge in [-0.1, -0.05) is 30.3 Å². The molecule has 0 spiro atoms. The molecule has 1 aromatic carbocycles. The predicted octanol–water partition coefficient (Wildman–Crippen LogP) is 3.20. The van der Waals surface area contributed by atoms with Crippen molar-refractivity contribution in [2.75, 3.05) is 6.54 Å². The van der Waals surface area contributed by atoms with E-state index < -0.39 is 0 Å². The number of thiophene rings is 1. The second kappa shape index (κ2) is 7.70. The molecule has 0 bridgehead atoms. The van der Waals surface area contributed by atoms with E-state index in [1.807, 2.05) is 51.1 Å². The molecule has 1 atom stereocenters. The summed E-state index contributed by atoms with van der Waals surface area (Å²) in [4.78, 5) is 33.5. The predicted molar refractivity (Wildman–Crippen MR) is 105 cm³/mol. The topological polar surface area (TPSA) is 86.9 Å². The second-order valence-corrected chi connectivity index (χ2v) is 7.46. The number of nitrogens with one attached hydrogen (secondary N) is 3. The van der Waals surface area contributed by atoms with E-state index in [2.05, 4.69) is 20.6 Å². The molecule has 0 fully saturated rings. The maximum absolute atomic E-state index is 12.2. The van der Waals surface area contributed by atoms with Crippen LogP contribution in [-0.4, -0.2) is 22.5 Å². The summed E-state index contributed by atoms with van der Waals surface area (Å²) in [5.41, 5.74) is 1.91. The SMILES string of the molecule is Cc1sc2nc(CCNC(=O)NC(C)c3ccccc3)[nH]c(=O)c2c1C. The molecule has 3 rings (SSSR count). The number of carbonyl (C=O) groups is 1. The van der Waals surface area contributed by atoms with Crippen LogP contribution < -0.4 is 16.2 Å². The first-order chi connectivity index (χ1) is 12.5. The molecule has 3 aromatic rings. The van der Waals surface area contributed by atoms with Gasteiger partial charge < -0.3 is 15.6 Å². The highest BCUT2D eigenvalue weighted by molar-refractivity contribution is 7.18. The lowest BCUT2D eigenvalue weighted by Gasteiger charge is -2.14. The highest BCUT2D eigenvalue weighted by Gasteiger charge is 2.12. The third-order valence-corrected chi connectivity index (χ3v) is 5.48. The van der Waals surface area contributed by atoms with Crippen molar-refractivity contribution < 1.29 is 4.79 Å². The van der Waals surface area contributed by atoms with E-state index in [0.717, 1.165) is 20.8 Å². The van der Waals surface area contributed by atoms with Gasteiger partial charge in [0.25, 0.3) is 5.56 Å². The zero-order valence-corrected chi connectivity index (χ0v) is 15.9. The third kappa shape index (κ3) is 3.94. The fourth-order valence-corrected chi connectivity index (χ4v) is 3.83. The minimum absolute atomic E-state index is 0.0810. The highest BCUT2D eigenvalue weighted by atomic mass is 32.1. The summed E-state index contributed by atoms with van der Waals surface area (Å²) >= 11 is 1.52. The number of amides is 2. The van der Waals surface area contributed by atoms with E-state index in [0.29, 0.717) is 24.2 Å². The van der Waals surface area contributed by atoms with Gasteiger partial charge in [-0.3, -0.25) is 4.79 Å². The van der Waals surface area contributed by atoms with Crippen molar-refractivity contribution >= 4 is 27.6 Å². The largest absolute Gasteiger partial charge is 0.338 e. The maximum atomic E-state index is 12.2. The molecule has 6 nitrogen and oxygen atoms in total. The summed E-state index contributed by atoms with van der Waals surface area (Å²) < 4.78 is 0. The van der Waals surface area contributed by atoms with Crippen LogP contribution in [0.5, 0.6) is 0 Å². The van der Waals surface area contributed by atoms with Crippen LogP contribution in [-0.2, 0) is 6.42 Å². The fraction of sp³-hybridized carbons (Fsp3) is 0.316. The molecule has 0 aliphatic carbocycles. The van der Waals surface area contributed by atoms with Gasteiger partial charge in [0.15, 0.2) is 0 Å². The van der Waals surface area contributed by atoms with Crippen LogP contribution in [0.1, 0.15) is 34.8 Å². The van der Waals surface area contributed by atoms with Gasteiger partial charge in [0, 0.05) is 17.8 Å². The van der Waals surface area contributed by atoms with Gasteiger partial charge in [-0.15, -0.1) is 11.3 Å². The second-order valence-electron chi connectivity index (χ2n) is 6.26. The molecule has 0 saturated carbocycles. The number of urea groups is 1. The average Bonchev–Trinajstić information content (AvgIpc) is 2.90. The number of nitrogens with zero attached hydrogens (tertiary/aromatic N) is 1. The van der Waals surface area contributed by atoms with Gasteiger partial charge in [-0.05, 0) is 31.9 Å². The lowest BCUT2D eigenvalue weighted by molar-refractivity contribution is 0.238. The monoisotopic (exact) mass is 370 g/mol. The zero-order valence-electron chi connectivity index (χ0n) is 15.1. The molecule has 2 amide bonds. The van der Waals surface area contributed by atoms with E-state index >= 15 is 0 Å². The number of fused-ring (bicyclic) bond motifs is 1. The van der Waals surface area contributed by atoms with Crippen molar-refractivity contribution in [2.24, 2.45) is 0 Å². The van der Waals surface area contributed by atoms with Crippen LogP contribution in [0.4, 0.5) is 4.79 Å². The molecule has 0 aliphatic rings. The normalized spacial score (nSPS) is 12.1. The van der Waals surface area contributed by atoms with E-state index in [1.165, 1.54) is 11.3 Å². The summed E-state index contributed by atoms with van der Waals surface area (Å²) in [7, 11) is 0. The average molecular weight is 370 g/mol. The summed E-state index contributed by atoms with van der Waals surface area (Å²) in [6.45, 7) is 6.25. The van der Waals surface area contributed by atoms with Crippen LogP contribution in [0.25, 0.3) is 10.2 Å². The van der Waals surface area contributed by atoms with Crippen LogP contribution in [0.3, 0.4) is 0 Å². The van der Waals surface area contributed by atoms with Crippen molar-refractivity contribution in [2.45, 2.75) is 33.2 Å². The minimum Gasteiger partial charge on any atom is -0.338 e. The Morgan fingerprint density at radius 2 is 2.00 bits per heavy atom. The number of aromatic amines is 1. The van der Waals surface area contributed by atoms with E-state index in [4.69, 9.17) is 0 Å². The Balaban J connectivity index is 1.57. The van der Waals surface area contributed by atoms with Gasteiger partial charge in [0.2, 0.25) is 0 Å². The van der Waals surface area contributed by atoms with Gasteiger partial charge in [0.1, 0.15) is 10.7 Å². The summed E-state index contributed by atoms with van der Waals surface area (Å²) in [6.07, 6.45) is 0.467. The molecule has 3 N–H and O–H groups in total.